The highest BCUT2D eigenvalue weighted by molar-refractivity contribution is 7.88. The number of hydrogen-bond donors (Lipinski definition) is 0. The number of hydrogen-bond acceptors (Lipinski definition) is 5. The summed E-state index contributed by atoms with van der Waals surface area (Å²) < 4.78 is 26.4. The fraction of sp³-hybridized carbons (Fsp3) is 0.450. The molecule has 28 heavy (non-hydrogen) atoms. The van der Waals surface area contributed by atoms with Crippen LogP contribution in [-0.4, -0.2) is 59.4 Å². The van der Waals surface area contributed by atoms with Gasteiger partial charge in [0.25, 0.3) is 5.91 Å². The highest BCUT2D eigenvalue weighted by atomic mass is 32.2. The molecule has 4 rings (SSSR count). The Labute approximate surface area is 165 Å². The molecule has 1 amide bonds. The molecule has 2 aromatic rings. The van der Waals surface area contributed by atoms with Crippen LogP contribution in [0.3, 0.4) is 0 Å². The van der Waals surface area contributed by atoms with Crippen LogP contribution < -0.4 is 0 Å². The maximum atomic E-state index is 13.2. The maximum absolute atomic E-state index is 13.2. The van der Waals surface area contributed by atoms with E-state index in [-0.39, 0.29) is 23.8 Å². The van der Waals surface area contributed by atoms with E-state index in [0.29, 0.717) is 36.6 Å². The lowest BCUT2D eigenvalue weighted by atomic mass is 9.90. The number of sulfonamides is 1. The van der Waals surface area contributed by atoms with Crippen LogP contribution in [0.25, 0.3) is 0 Å². The van der Waals surface area contributed by atoms with Gasteiger partial charge in [0, 0.05) is 25.6 Å². The second-order valence-corrected chi connectivity index (χ2v) is 9.68. The summed E-state index contributed by atoms with van der Waals surface area (Å²) in [6.07, 6.45) is 2.73. The van der Waals surface area contributed by atoms with E-state index in [2.05, 4.69) is 9.97 Å². The summed E-state index contributed by atoms with van der Waals surface area (Å²) in [6, 6.07) is 9.47. The van der Waals surface area contributed by atoms with Crippen molar-refractivity contribution in [3.8, 4) is 0 Å². The Morgan fingerprint density at radius 3 is 2.29 bits per heavy atom. The van der Waals surface area contributed by atoms with E-state index in [1.54, 1.807) is 4.31 Å². The van der Waals surface area contributed by atoms with Gasteiger partial charge >= 0.3 is 0 Å². The van der Waals surface area contributed by atoms with Crippen LogP contribution in [0, 0.1) is 25.7 Å². The van der Waals surface area contributed by atoms with Crippen LogP contribution in [0.5, 0.6) is 0 Å². The lowest BCUT2D eigenvalue weighted by Crippen LogP contribution is -2.37. The molecule has 2 aliphatic heterocycles. The van der Waals surface area contributed by atoms with Gasteiger partial charge in [0.2, 0.25) is 10.0 Å². The third kappa shape index (κ3) is 3.20. The molecule has 3 atom stereocenters. The van der Waals surface area contributed by atoms with Crippen molar-refractivity contribution in [1.82, 2.24) is 19.2 Å². The quantitative estimate of drug-likeness (QED) is 0.784. The van der Waals surface area contributed by atoms with Gasteiger partial charge in [-0.25, -0.2) is 18.4 Å². The topological polar surface area (TPSA) is 83.5 Å². The molecule has 7 nitrogen and oxygen atoms in total. The molecular weight excluding hydrogens is 376 g/mol. The van der Waals surface area contributed by atoms with Gasteiger partial charge in [0.05, 0.1) is 29.2 Å². The summed E-state index contributed by atoms with van der Waals surface area (Å²) in [5.74, 6) is 0.128. The van der Waals surface area contributed by atoms with E-state index < -0.39 is 10.0 Å². The molecule has 1 aromatic carbocycles. The van der Waals surface area contributed by atoms with Gasteiger partial charge < -0.3 is 4.90 Å². The summed E-state index contributed by atoms with van der Waals surface area (Å²) in [7, 11) is -3.34. The van der Waals surface area contributed by atoms with Crippen molar-refractivity contribution in [2.75, 3.05) is 25.9 Å². The minimum Gasteiger partial charge on any atom is -0.338 e. The number of amides is 1. The Bertz CT molecular complexity index is 989. The van der Waals surface area contributed by atoms with Gasteiger partial charge in [-0.2, -0.15) is 4.31 Å². The number of likely N-dealkylation sites (tertiary alicyclic amines) is 1. The van der Waals surface area contributed by atoms with Gasteiger partial charge in [-0.1, -0.05) is 30.3 Å². The van der Waals surface area contributed by atoms with E-state index in [9.17, 15) is 13.2 Å². The van der Waals surface area contributed by atoms with Crippen LogP contribution in [0.15, 0.2) is 36.7 Å². The SMILES string of the molecule is Cc1ncnc(C)c1C(=O)N1C[C@@H]2CN(S(C)(=O)=O)[C@@H](c3ccccc3)[C@@H]2C1. The highest BCUT2D eigenvalue weighted by Gasteiger charge is 2.51. The van der Waals surface area contributed by atoms with Crippen molar-refractivity contribution in [3.63, 3.8) is 0 Å². The number of aryl methyl sites for hydroxylation is 2. The van der Waals surface area contributed by atoms with E-state index >= 15 is 0 Å². The van der Waals surface area contributed by atoms with Crippen LogP contribution >= 0.6 is 0 Å². The van der Waals surface area contributed by atoms with Gasteiger partial charge in [0.15, 0.2) is 0 Å². The zero-order valence-electron chi connectivity index (χ0n) is 16.2. The van der Waals surface area contributed by atoms with Gasteiger partial charge in [-0.05, 0) is 25.3 Å². The first-order valence-electron chi connectivity index (χ1n) is 9.36. The van der Waals surface area contributed by atoms with Crippen LogP contribution in [-0.2, 0) is 10.0 Å². The molecule has 0 N–H and O–H groups in total. The number of aromatic nitrogens is 2. The molecule has 8 heteroatoms. The minimum atomic E-state index is -3.34. The van der Waals surface area contributed by atoms with Crippen molar-refractivity contribution in [1.29, 1.82) is 0 Å². The fourth-order valence-electron chi connectivity index (χ4n) is 4.64. The number of carbonyl (C=O) groups is 1. The molecule has 148 valence electrons. The third-order valence-electron chi connectivity index (χ3n) is 5.92. The smallest absolute Gasteiger partial charge is 0.257 e. The molecule has 2 fully saturated rings. The Morgan fingerprint density at radius 2 is 1.68 bits per heavy atom. The number of rotatable bonds is 3. The fourth-order valence-corrected chi connectivity index (χ4v) is 5.79. The molecule has 0 radical (unpaired) electrons. The average molecular weight is 401 g/mol. The Hall–Kier alpha value is -2.32. The average Bonchev–Trinajstić information content (AvgIpc) is 3.19. The van der Waals surface area contributed by atoms with Gasteiger partial charge in [0.1, 0.15) is 6.33 Å². The third-order valence-corrected chi connectivity index (χ3v) is 7.14. The first-order valence-corrected chi connectivity index (χ1v) is 11.2. The molecule has 2 aliphatic rings. The zero-order chi connectivity index (χ0) is 20.1. The van der Waals surface area contributed by atoms with Crippen LogP contribution in [0.4, 0.5) is 0 Å². The summed E-state index contributed by atoms with van der Waals surface area (Å²) in [5.41, 5.74) is 2.88. The van der Waals surface area contributed by atoms with E-state index in [1.807, 2.05) is 49.1 Å². The summed E-state index contributed by atoms with van der Waals surface area (Å²) in [5, 5.41) is 0. The van der Waals surface area contributed by atoms with Crippen molar-refractivity contribution in [2.45, 2.75) is 19.9 Å². The molecule has 1 aromatic heterocycles. The molecule has 3 heterocycles. The summed E-state index contributed by atoms with van der Waals surface area (Å²) in [6.45, 7) is 5.15. The largest absolute Gasteiger partial charge is 0.338 e. The van der Waals surface area contributed by atoms with E-state index in [1.165, 1.54) is 12.6 Å². The zero-order valence-corrected chi connectivity index (χ0v) is 17.1. The molecule has 0 saturated carbocycles. The first-order chi connectivity index (χ1) is 13.3. The monoisotopic (exact) mass is 400 g/mol. The molecule has 0 bridgehead atoms. The summed E-state index contributed by atoms with van der Waals surface area (Å²) in [4.78, 5) is 23.3. The van der Waals surface area contributed by atoms with Crippen molar-refractivity contribution in [3.05, 3.63) is 59.2 Å². The first kappa shape index (κ1) is 19.0. The van der Waals surface area contributed by atoms with Crippen molar-refractivity contribution in [2.24, 2.45) is 11.8 Å². The Morgan fingerprint density at radius 1 is 1.04 bits per heavy atom. The molecule has 2 saturated heterocycles. The number of benzene rings is 1. The Kier molecular flexibility index (Phi) is 4.71. The van der Waals surface area contributed by atoms with Gasteiger partial charge in [-0.15, -0.1) is 0 Å². The molecule has 0 unspecified atom stereocenters. The lowest BCUT2D eigenvalue weighted by Gasteiger charge is -2.28. The normalized spacial score (nSPS) is 25.1. The van der Waals surface area contributed by atoms with Crippen LogP contribution in [0.1, 0.15) is 33.4 Å². The van der Waals surface area contributed by atoms with Crippen molar-refractivity contribution >= 4 is 15.9 Å². The molecular formula is C20H24N4O3S. The van der Waals surface area contributed by atoms with E-state index in [4.69, 9.17) is 0 Å². The number of carbonyl (C=O) groups excluding carboxylic acids is 1. The van der Waals surface area contributed by atoms with E-state index in [0.717, 1.165) is 5.56 Å². The minimum absolute atomic E-state index is 0.0669. The Balaban J connectivity index is 1.65. The lowest BCUT2D eigenvalue weighted by molar-refractivity contribution is 0.0771. The predicted molar refractivity (Wildman–Crippen MR) is 105 cm³/mol. The number of nitrogens with zero attached hydrogens (tertiary/aromatic N) is 4. The maximum Gasteiger partial charge on any atom is 0.257 e. The van der Waals surface area contributed by atoms with Crippen molar-refractivity contribution < 1.29 is 13.2 Å². The molecule has 0 aliphatic carbocycles. The second-order valence-electron chi connectivity index (χ2n) is 7.74. The standard InChI is InChI=1S/C20H24N4O3S/c1-13-18(14(2)22-12-21-13)20(25)23-9-16-10-24(28(3,26)27)19(17(16)11-23)15-7-5-4-6-8-15/h4-8,12,16-17,19H,9-11H2,1-3H3/t16-,17-,19+/m1/s1. The highest BCUT2D eigenvalue weighted by Crippen LogP contribution is 2.46. The molecule has 0 spiro atoms. The summed E-state index contributed by atoms with van der Waals surface area (Å²) >= 11 is 0. The second kappa shape index (κ2) is 6.93. The number of fused-ring (bicyclic) bond motifs is 1. The van der Waals surface area contributed by atoms with Gasteiger partial charge in [-0.3, -0.25) is 4.79 Å². The predicted octanol–water partition coefficient (Wildman–Crippen LogP) is 1.80. The van der Waals surface area contributed by atoms with Crippen LogP contribution in [0.2, 0.25) is 0 Å².